The van der Waals surface area contributed by atoms with Gasteiger partial charge in [0, 0.05) is 18.5 Å². The largest absolute Gasteiger partial charge is 0.444 e. The van der Waals surface area contributed by atoms with Crippen LogP contribution in [0.15, 0.2) is 24.3 Å². The number of nitrogens with two attached hydrogens (primary N) is 1. The number of ether oxygens (including phenoxy) is 1. The van der Waals surface area contributed by atoms with Crippen molar-refractivity contribution in [2.75, 3.05) is 13.2 Å². The molecule has 0 radical (unpaired) electrons. The lowest BCUT2D eigenvalue weighted by Gasteiger charge is -2.36. The Hall–Kier alpha value is -3.14. The zero-order valence-electron chi connectivity index (χ0n) is 21.8. The number of amides is 4. The van der Waals surface area contributed by atoms with Crippen molar-refractivity contribution in [3.63, 3.8) is 0 Å². The summed E-state index contributed by atoms with van der Waals surface area (Å²) in [4.78, 5) is 52.3. The van der Waals surface area contributed by atoms with Crippen molar-refractivity contribution >= 4 is 23.8 Å². The number of hydrogen-bond acceptors (Lipinski definition) is 6. The first-order valence-corrected chi connectivity index (χ1v) is 11.6. The summed E-state index contributed by atoms with van der Waals surface area (Å²) in [7, 11) is 0. The van der Waals surface area contributed by atoms with E-state index in [1.165, 1.54) is 4.90 Å². The fourth-order valence-electron chi connectivity index (χ4n) is 3.45. The van der Waals surface area contributed by atoms with Crippen molar-refractivity contribution in [1.82, 2.24) is 15.5 Å². The molecular formula is C25H40N4O6. The van der Waals surface area contributed by atoms with E-state index in [0.29, 0.717) is 5.56 Å². The summed E-state index contributed by atoms with van der Waals surface area (Å²) in [6.07, 6.45) is -1.13. The monoisotopic (exact) mass is 492 g/mol. The maximum Gasteiger partial charge on any atom is 0.408 e. The Kier molecular flexibility index (Phi) is 10.7. The SMILES string of the molecule is Cc1ccccc1C(C(=O)NC(C)(C)C)N(CCO)C(=O)C(CCC(N)=O)NC(=O)OC(C)(C)C. The van der Waals surface area contributed by atoms with Crippen LogP contribution in [0, 0.1) is 6.92 Å². The number of benzene rings is 1. The molecule has 10 heteroatoms. The number of aliphatic hydroxyl groups excluding tert-OH is 1. The van der Waals surface area contributed by atoms with Gasteiger partial charge in [0.25, 0.3) is 0 Å². The molecule has 5 N–H and O–H groups in total. The van der Waals surface area contributed by atoms with Gasteiger partial charge in [0.15, 0.2) is 0 Å². The van der Waals surface area contributed by atoms with Crippen molar-refractivity contribution in [1.29, 1.82) is 0 Å². The molecular weight excluding hydrogens is 452 g/mol. The topological polar surface area (TPSA) is 151 Å². The minimum absolute atomic E-state index is 0.100. The standard InChI is InChI=1S/C25H40N4O6/c1-16-10-8-9-11-17(16)20(21(32)28-24(2,3)4)29(14-15-30)22(33)18(12-13-19(26)31)27-23(34)35-25(5,6)7/h8-11,18,20,30H,12-15H2,1-7H3,(H2,26,31)(H,27,34)(H,28,32). The maximum absolute atomic E-state index is 13.8. The van der Waals surface area contributed by atoms with Crippen LogP contribution < -0.4 is 16.4 Å². The highest BCUT2D eigenvalue weighted by molar-refractivity contribution is 5.93. The Labute approximate surface area is 207 Å². The minimum Gasteiger partial charge on any atom is -0.444 e. The third-order valence-electron chi connectivity index (χ3n) is 4.83. The lowest BCUT2D eigenvalue weighted by molar-refractivity contribution is -0.144. The predicted molar refractivity (Wildman–Crippen MR) is 132 cm³/mol. The van der Waals surface area contributed by atoms with E-state index in [1.54, 1.807) is 32.9 Å². The molecule has 35 heavy (non-hydrogen) atoms. The van der Waals surface area contributed by atoms with Gasteiger partial charge >= 0.3 is 6.09 Å². The number of carbonyl (C=O) groups is 4. The molecule has 0 aliphatic heterocycles. The number of alkyl carbamates (subject to hydrolysis) is 1. The van der Waals surface area contributed by atoms with Crippen molar-refractivity contribution in [3.8, 4) is 0 Å². The Balaban J connectivity index is 3.48. The van der Waals surface area contributed by atoms with Gasteiger partial charge in [-0.2, -0.15) is 0 Å². The molecule has 0 fully saturated rings. The minimum atomic E-state index is -1.21. The van der Waals surface area contributed by atoms with Crippen molar-refractivity contribution < 1.29 is 29.0 Å². The number of aryl methyl sites for hydroxylation is 1. The van der Waals surface area contributed by atoms with Crippen LogP contribution in [0.5, 0.6) is 0 Å². The Bertz CT molecular complexity index is 904. The van der Waals surface area contributed by atoms with E-state index < -0.39 is 53.6 Å². The van der Waals surface area contributed by atoms with Crippen LogP contribution in [0.2, 0.25) is 0 Å². The number of primary amides is 1. The number of carbonyl (C=O) groups excluding carboxylic acids is 4. The van der Waals surface area contributed by atoms with Gasteiger partial charge in [0.1, 0.15) is 17.7 Å². The van der Waals surface area contributed by atoms with Crippen LogP contribution in [0.1, 0.15) is 71.6 Å². The van der Waals surface area contributed by atoms with Gasteiger partial charge in [-0.3, -0.25) is 14.4 Å². The molecule has 1 aromatic carbocycles. The first-order chi connectivity index (χ1) is 16.1. The van der Waals surface area contributed by atoms with E-state index in [9.17, 15) is 24.3 Å². The summed E-state index contributed by atoms with van der Waals surface area (Å²) in [6, 6.07) is 4.82. The van der Waals surface area contributed by atoms with Gasteiger partial charge in [0.05, 0.1) is 6.61 Å². The molecule has 0 aromatic heterocycles. The normalized spacial score (nSPS) is 13.4. The molecule has 1 aromatic rings. The molecule has 0 saturated carbocycles. The second-order valence-electron chi connectivity index (χ2n) is 10.5. The third kappa shape index (κ3) is 10.3. The molecule has 10 nitrogen and oxygen atoms in total. The first kappa shape index (κ1) is 29.9. The highest BCUT2D eigenvalue weighted by Crippen LogP contribution is 2.26. The Morgan fingerprint density at radius 1 is 1.09 bits per heavy atom. The van der Waals surface area contributed by atoms with Crippen molar-refractivity contribution in [2.24, 2.45) is 5.73 Å². The van der Waals surface area contributed by atoms with Gasteiger partial charge in [-0.15, -0.1) is 0 Å². The van der Waals surface area contributed by atoms with E-state index in [-0.39, 0.29) is 19.4 Å². The summed E-state index contributed by atoms with van der Waals surface area (Å²) in [6.45, 7) is 11.7. The maximum atomic E-state index is 13.8. The lowest BCUT2D eigenvalue weighted by Crippen LogP contribution is -2.55. The van der Waals surface area contributed by atoms with Crippen LogP contribution >= 0.6 is 0 Å². The summed E-state index contributed by atoms with van der Waals surface area (Å²) < 4.78 is 5.28. The summed E-state index contributed by atoms with van der Waals surface area (Å²) in [5, 5.41) is 15.2. The summed E-state index contributed by atoms with van der Waals surface area (Å²) in [5.41, 5.74) is 5.22. The predicted octanol–water partition coefficient (Wildman–Crippen LogP) is 1.93. The molecule has 2 atom stereocenters. The molecule has 0 bridgehead atoms. The number of nitrogens with one attached hydrogen (secondary N) is 2. The van der Waals surface area contributed by atoms with Crippen molar-refractivity contribution in [2.45, 2.75) is 84.5 Å². The zero-order chi connectivity index (χ0) is 27.0. The molecule has 2 unspecified atom stereocenters. The Morgan fingerprint density at radius 2 is 1.69 bits per heavy atom. The lowest BCUT2D eigenvalue weighted by atomic mass is 9.96. The van der Waals surface area contributed by atoms with Crippen LogP contribution in [0.4, 0.5) is 4.79 Å². The van der Waals surface area contributed by atoms with Gasteiger partial charge in [-0.1, -0.05) is 24.3 Å². The summed E-state index contributed by atoms with van der Waals surface area (Å²) >= 11 is 0. The fraction of sp³-hybridized carbons (Fsp3) is 0.600. The average Bonchev–Trinajstić information content (AvgIpc) is 2.68. The molecule has 196 valence electrons. The number of hydrogen-bond donors (Lipinski definition) is 4. The third-order valence-corrected chi connectivity index (χ3v) is 4.83. The second kappa shape index (κ2) is 12.5. The van der Waals surface area contributed by atoms with E-state index in [4.69, 9.17) is 10.5 Å². The molecule has 0 aliphatic rings. The summed E-state index contributed by atoms with van der Waals surface area (Å²) in [5.74, 6) is -1.74. The van der Waals surface area contributed by atoms with Crippen LogP contribution in [0.3, 0.4) is 0 Å². The quantitative estimate of drug-likeness (QED) is 0.392. The van der Waals surface area contributed by atoms with Crippen molar-refractivity contribution in [3.05, 3.63) is 35.4 Å². The van der Waals surface area contributed by atoms with E-state index in [1.807, 2.05) is 39.8 Å². The van der Waals surface area contributed by atoms with Crippen LogP contribution in [0.25, 0.3) is 0 Å². The van der Waals surface area contributed by atoms with Gasteiger partial charge in [0.2, 0.25) is 17.7 Å². The molecule has 0 heterocycles. The molecule has 0 spiro atoms. The fourth-order valence-corrected chi connectivity index (χ4v) is 3.45. The zero-order valence-corrected chi connectivity index (χ0v) is 21.8. The molecule has 0 aliphatic carbocycles. The van der Waals surface area contributed by atoms with E-state index in [0.717, 1.165) is 5.56 Å². The average molecular weight is 493 g/mol. The van der Waals surface area contributed by atoms with Gasteiger partial charge in [-0.25, -0.2) is 4.79 Å². The first-order valence-electron chi connectivity index (χ1n) is 11.6. The van der Waals surface area contributed by atoms with E-state index in [2.05, 4.69) is 10.6 Å². The number of aliphatic hydroxyl groups is 1. The smallest absolute Gasteiger partial charge is 0.408 e. The number of rotatable bonds is 10. The van der Waals surface area contributed by atoms with Crippen LogP contribution in [-0.2, 0) is 19.1 Å². The second-order valence-corrected chi connectivity index (χ2v) is 10.5. The molecule has 0 saturated heterocycles. The Morgan fingerprint density at radius 3 is 2.17 bits per heavy atom. The van der Waals surface area contributed by atoms with Gasteiger partial charge < -0.3 is 31.1 Å². The number of nitrogens with zero attached hydrogens (tertiary/aromatic N) is 1. The highest BCUT2D eigenvalue weighted by Gasteiger charge is 2.37. The molecule has 1 rings (SSSR count). The van der Waals surface area contributed by atoms with Gasteiger partial charge in [-0.05, 0) is 66.0 Å². The highest BCUT2D eigenvalue weighted by atomic mass is 16.6. The molecule has 4 amide bonds. The van der Waals surface area contributed by atoms with Crippen LogP contribution in [-0.4, -0.2) is 64.2 Å². The van der Waals surface area contributed by atoms with E-state index >= 15 is 0 Å².